The lowest BCUT2D eigenvalue weighted by Gasteiger charge is -2.15. The summed E-state index contributed by atoms with van der Waals surface area (Å²) in [4.78, 5) is 33.2. The molecule has 140 valence electrons. The maximum atomic E-state index is 12.7. The molecule has 7 nitrogen and oxygen atoms in total. The van der Waals surface area contributed by atoms with Crippen molar-refractivity contribution in [1.82, 2.24) is 24.3 Å². The molecule has 0 atom stereocenters. The van der Waals surface area contributed by atoms with Gasteiger partial charge in [0.15, 0.2) is 17.3 Å². The lowest BCUT2D eigenvalue weighted by molar-refractivity contribution is 0.631. The van der Waals surface area contributed by atoms with Gasteiger partial charge in [-0.15, -0.1) is 0 Å². The van der Waals surface area contributed by atoms with Gasteiger partial charge in [-0.2, -0.15) is 10.1 Å². The van der Waals surface area contributed by atoms with Gasteiger partial charge in [0.1, 0.15) is 0 Å². The lowest BCUT2D eigenvalue weighted by Crippen LogP contribution is -2.37. The third-order valence-corrected chi connectivity index (χ3v) is 4.68. The zero-order valence-electron chi connectivity index (χ0n) is 15.7. The summed E-state index contributed by atoms with van der Waals surface area (Å²) in [5.74, 6) is 0.606. The summed E-state index contributed by atoms with van der Waals surface area (Å²) in [6.45, 7) is 2.46. The normalized spacial score (nSPS) is 11.1. The van der Waals surface area contributed by atoms with Crippen molar-refractivity contribution in [3.05, 3.63) is 86.6 Å². The second-order valence-electron chi connectivity index (χ2n) is 6.56. The van der Waals surface area contributed by atoms with Crippen LogP contribution in [0.15, 0.2) is 64.2 Å². The molecule has 2 aromatic carbocycles. The van der Waals surface area contributed by atoms with E-state index < -0.39 is 11.2 Å². The van der Waals surface area contributed by atoms with Gasteiger partial charge < -0.3 is 0 Å². The molecular formula is C21H19N5O2. The fourth-order valence-corrected chi connectivity index (χ4v) is 3.01. The molecule has 0 aliphatic carbocycles. The predicted molar refractivity (Wildman–Crippen MR) is 106 cm³/mol. The molecule has 0 bridgehead atoms. The van der Waals surface area contributed by atoms with Gasteiger partial charge in [0.25, 0.3) is 5.56 Å². The average Bonchev–Trinajstić information content (AvgIpc) is 2.73. The van der Waals surface area contributed by atoms with E-state index in [2.05, 4.69) is 22.0 Å². The Morgan fingerprint density at radius 3 is 2.29 bits per heavy atom. The number of rotatable bonds is 4. The second kappa shape index (κ2) is 7.19. The zero-order chi connectivity index (χ0) is 19.7. The van der Waals surface area contributed by atoms with Crippen molar-refractivity contribution in [3.8, 4) is 22.9 Å². The number of hydrogen-bond donors (Lipinski definition) is 0. The minimum absolute atomic E-state index is 0.127. The molecule has 0 amide bonds. The van der Waals surface area contributed by atoms with Crippen molar-refractivity contribution < 1.29 is 0 Å². The minimum atomic E-state index is -0.622. The van der Waals surface area contributed by atoms with E-state index in [-0.39, 0.29) is 11.5 Å². The summed E-state index contributed by atoms with van der Waals surface area (Å²) in [7, 11) is 1.40. The fraction of sp³-hybridized carbons (Fsp3) is 0.190. The van der Waals surface area contributed by atoms with Crippen LogP contribution in [0.5, 0.6) is 0 Å². The molecular weight excluding hydrogens is 354 g/mol. The molecule has 0 unspecified atom stereocenters. The van der Waals surface area contributed by atoms with Gasteiger partial charge in [-0.05, 0) is 17.5 Å². The molecule has 0 radical (unpaired) electrons. The first-order valence-corrected chi connectivity index (χ1v) is 9.06. The highest BCUT2D eigenvalue weighted by Crippen LogP contribution is 2.20. The van der Waals surface area contributed by atoms with Crippen LogP contribution in [0.3, 0.4) is 0 Å². The summed E-state index contributed by atoms with van der Waals surface area (Å²) in [6.07, 6.45) is 0.934. The molecule has 0 saturated heterocycles. The summed E-state index contributed by atoms with van der Waals surface area (Å²) >= 11 is 0. The fourth-order valence-electron chi connectivity index (χ4n) is 3.01. The molecule has 2 aromatic rings. The van der Waals surface area contributed by atoms with Crippen LogP contribution < -0.4 is 11.2 Å². The van der Waals surface area contributed by atoms with Gasteiger partial charge in [0.05, 0.1) is 6.54 Å². The zero-order valence-corrected chi connectivity index (χ0v) is 15.7. The molecule has 0 saturated carbocycles. The van der Waals surface area contributed by atoms with Crippen LogP contribution in [0, 0.1) is 0 Å². The summed E-state index contributed by atoms with van der Waals surface area (Å²) in [5.41, 5.74) is 2.01. The van der Waals surface area contributed by atoms with Gasteiger partial charge in [-0.3, -0.25) is 9.36 Å². The Bertz CT molecular complexity index is 1210. The predicted octanol–water partition coefficient (Wildman–Crippen LogP) is 2.11. The molecule has 2 heterocycles. The quantitative estimate of drug-likeness (QED) is 0.547. The van der Waals surface area contributed by atoms with Gasteiger partial charge in [0, 0.05) is 12.6 Å². The molecule has 4 rings (SSSR count). The molecule has 28 heavy (non-hydrogen) atoms. The number of aryl methyl sites for hydroxylation is 1. The molecule has 0 aromatic heterocycles. The van der Waals surface area contributed by atoms with Crippen LogP contribution in [0.4, 0.5) is 0 Å². The molecule has 7 heteroatoms. The number of hydrogen-bond acceptors (Lipinski definition) is 5. The lowest BCUT2D eigenvalue weighted by atomic mass is 10.1. The van der Waals surface area contributed by atoms with E-state index >= 15 is 0 Å². The van der Waals surface area contributed by atoms with E-state index in [1.54, 1.807) is 4.68 Å². The summed E-state index contributed by atoms with van der Waals surface area (Å²) in [5, 5.41) is 4.59. The molecule has 2 aliphatic rings. The maximum Gasteiger partial charge on any atom is 0.352 e. The van der Waals surface area contributed by atoms with Crippen molar-refractivity contribution in [3.63, 3.8) is 0 Å². The van der Waals surface area contributed by atoms with Crippen LogP contribution in [0.25, 0.3) is 22.9 Å². The highest BCUT2D eigenvalue weighted by molar-refractivity contribution is 5.59. The van der Waals surface area contributed by atoms with Crippen molar-refractivity contribution >= 4 is 0 Å². The molecule has 0 fully saturated rings. The minimum Gasteiger partial charge on any atom is -0.267 e. The summed E-state index contributed by atoms with van der Waals surface area (Å²) < 4.78 is 2.54. The third-order valence-electron chi connectivity index (χ3n) is 4.68. The standard InChI is InChI=1S/C21H19N5O2/c1-3-14-9-11-16(12-10-14)18-22-17-19(23-21(28)25(2)20(17)27)26(24-18)13-15-7-5-4-6-8-15/h4-12H,3,13H2,1-2H3. The Labute approximate surface area is 161 Å². The maximum absolute atomic E-state index is 12.7. The van der Waals surface area contributed by atoms with Gasteiger partial charge in [-0.1, -0.05) is 61.5 Å². The first-order valence-electron chi connectivity index (χ1n) is 9.06. The first-order chi connectivity index (χ1) is 13.6. The van der Waals surface area contributed by atoms with Crippen LogP contribution >= 0.6 is 0 Å². The van der Waals surface area contributed by atoms with E-state index in [4.69, 9.17) is 0 Å². The topological polar surface area (TPSA) is 82.7 Å². The van der Waals surface area contributed by atoms with Crippen LogP contribution in [0.1, 0.15) is 18.1 Å². The molecule has 0 N–H and O–H groups in total. The Balaban J connectivity index is 1.94. The Morgan fingerprint density at radius 1 is 0.893 bits per heavy atom. The number of fused-ring (bicyclic) bond motifs is 1. The average molecular weight is 373 g/mol. The van der Waals surface area contributed by atoms with E-state index in [9.17, 15) is 9.59 Å². The molecule has 0 spiro atoms. The van der Waals surface area contributed by atoms with Crippen LogP contribution in [0.2, 0.25) is 0 Å². The van der Waals surface area contributed by atoms with Crippen LogP contribution in [-0.4, -0.2) is 24.3 Å². The van der Waals surface area contributed by atoms with Crippen molar-refractivity contribution in [2.75, 3.05) is 0 Å². The largest absolute Gasteiger partial charge is 0.352 e. The smallest absolute Gasteiger partial charge is 0.267 e. The first kappa shape index (κ1) is 17.8. The number of aromatic nitrogens is 5. The summed E-state index contributed by atoms with van der Waals surface area (Å²) in [6, 6.07) is 17.6. The number of benzene rings is 2. The SMILES string of the molecule is CCc1ccc(-c2nc3c(=O)n(C)c(=O)nc-3n(Cc3ccccc3)n2)cc1. The van der Waals surface area contributed by atoms with Gasteiger partial charge >= 0.3 is 5.69 Å². The Morgan fingerprint density at radius 2 is 1.61 bits per heavy atom. The monoisotopic (exact) mass is 373 g/mol. The second-order valence-corrected chi connectivity index (χ2v) is 6.56. The number of nitrogens with zero attached hydrogens (tertiary/aromatic N) is 5. The van der Waals surface area contributed by atoms with E-state index in [0.717, 1.165) is 22.1 Å². The Kier molecular flexibility index (Phi) is 4.57. The van der Waals surface area contributed by atoms with Crippen molar-refractivity contribution in [2.24, 2.45) is 7.05 Å². The van der Waals surface area contributed by atoms with E-state index in [0.29, 0.717) is 12.4 Å². The van der Waals surface area contributed by atoms with Crippen molar-refractivity contribution in [1.29, 1.82) is 0 Å². The van der Waals surface area contributed by atoms with E-state index in [1.807, 2.05) is 54.6 Å². The molecule has 2 aliphatic heterocycles. The van der Waals surface area contributed by atoms with E-state index in [1.165, 1.54) is 12.6 Å². The van der Waals surface area contributed by atoms with Gasteiger partial charge in [-0.25, -0.2) is 14.5 Å². The van der Waals surface area contributed by atoms with Crippen molar-refractivity contribution in [2.45, 2.75) is 19.9 Å². The highest BCUT2D eigenvalue weighted by atomic mass is 16.2. The highest BCUT2D eigenvalue weighted by Gasteiger charge is 2.21. The third kappa shape index (κ3) is 3.22. The van der Waals surface area contributed by atoms with Crippen LogP contribution in [-0.2, 0) is 20.0 Å². The van der Waals surface area contributed by atoms with Gasteiger partial charge in [0.2, 0.25) is 0 Å². The Hall–Kier alpha value is -3.61.